The Hall–Kier alpha value is -5.27. The first-order chi connectivity index (χ1) is 21.3. The van der Waals surface area contributed by atoms with E-state index in [1.165, 1.54) is 76.5 Å². The molecule has 0 saturated carbocycles. The summed E-state index contributed by atoms with van der Waals surface area (Å²) in [6.45, 7) is 2.07. The second kappa shape index (κ2) is 10.5. The maximum atomic E-state index is 4.51. The van der Waals surface area contributed by atoms with E-state index >= 15 is 0 Å². The van der Waals surface area contributed by atoms with Gasteiger partial charge in [0.1, 0.15) is 0 Å². The standard InChI is InChI=1S/C42H31N/c1-28-32(22-11-27-43-28)30-23-25-31(26-24-30)41-37-14-5-7-16-39(37)42(40-17-8-6-15-38(40)41)36-21-10-19-34-33(18-9-20-35(34)36)29-12-3-2-4-13-29/h2-9,11-20,22-27H,10,21H2,1H3. The van der Waals surface area contributed by atoms with E-state index in [4.69, 9.17) is 0 Å². The zero-order valence-corrected chi connectivity index (χ0v) is 24.2. The van der Waals surface area contributed by atoms with Crippen molar-refractivity contribution in [3.63, 3.8) is 0 Å². The summed E-state index contributed by atoms with van der Waals surface area (Å²) in [7, 11) is 0. The van der Waals surface area contributed by atoms with Crippen molar-refractivity contribution in [1.29, 1.82) is 0 Å². The van der Waals surface area contributed by atoms with Crippen LogP contribution in [0.2, 0.25) is 0 Å². The Kier molecular flexibility index (Phi) is 6.23. The Bertz CT molecular complexity index is 2220. The molecule has 1 heteroatoms. The van der Waals surface area contributed by atoms with E-state index in [1.54, 1.807) is 0 Å². The average molecular weight is 550 g/mol. The van der Waals surface area contributed by atoms with Crippen LogP contribution < -0.4 is 10.4 Å². The van der Waals surface area contributed by atoms with Crippen LogP contribution in [0.1, 0.15) is 24.1 Å². The van der Waals surface area contributed by atoms with Crippen LogP contribution in [0.25, 0.3) is 66.6 Å². The number of aryl methyl sites for hydroxylation is 1. The molecule has 1 nitrogen and oxygen atoms in total. The van der Waals surface area contributed by atoms with Crippen LogP contribution >= 0.6 is 0 Å². The van der Waals surface area contributed by atoms with E-state index < -0.39 is 0 Å². The van der Waals surface area contributed by atoms with E-state index in [0.29, 0.717) is 0 Å². The molecule has 0 unspecified atom stereocenters. The Balaban J connectivity index is 1.41. The number of aromatic nitrogens is 1. The predicted octanol–water partition coefficient (Wildman–Crippen LogP) is 9.47. The molecule has 0 spiro atoms. The van der Waals surface area contributed by atoms with Gasteiger partial charge in [-0.25, -0.2) is 0 Å². The normalized spacial score (nSPS) is 12.7. The fourth-order valence-electron chi connectivity index (χ4n) is 7.04. The van der Waals surface area contributed by atoms with Gasteiger partial charge in [0.2, 0.25) is 0 Å². The van der Waals surface area contributed by atoms with Crippen molar-refractivity contribution in [3.8, 4) is 33.4 Å². The van der Waals surface area contributed by atoms with Crippen LogP contribution in [0.5, 0.6) is 0 Å². The molecule has 0 N–H and O–H groups in total. The molecule has 204 valence electrons. The molecule has 0 amide bonds. The van der Waals surface area contributed by atoms with E-state index in [9.17, 15) is 0 Å². The van der Waals surface area contributed by atoms with Gasteiger partial charge < -0.3 is 0 Å². The lowest BCUT2D eigenvalue weighted by atomic mass is 9.82. The second-order valence-corrected chi connectivity index (χ2v) is 11.4. The first-order valence-corrected chi connectivity index (χ1v) is 15.1. The number of nitrogens with zero attached hydrogens (tertiary/aromatic N) is 1. The van der Waals surface area contributed by atoms with Gasteiger partial charge in [0, 0.05) is 17.5 Å². The summed E-state index contributed by atoms with van der Waals surface area (Å²) in [6, 6.07) is 48.8. The smallest absolute Gasteiger partial charge is 0.0450 e. The minimum atomic E-state index is 1.03. The Labute approximate surface area is 252 Å². The summed E-state index contributed by atoms with van der Waals surface area (Å²) < 4.78 is 0. The molecule has 1 aliphatic rings. The van der Waals surface area contributed by atoms with Crippen molar-refractivity contribution < 1.29 is 0 Å². The van der Waals surface area contributed by atoms with Gasteiger partial charge in [-0.3, -0.25) is 4.98 Å². The van der Waals surface area contributed by atoms with Crippen molar-refractivity contribution in [3.05, 3.63) is 161 Å². The number of pyridine rings is 1. The van der Waals surface area contributed by atoms with Gasteiger partial charge in [0.15, 0.2) is 0 Å². The van der Waals surface area contributed by atoms with E-state index in [2.05, 4.69) is 145 Å². The van der Waals surface area contributed by atoms with Gasteiger partial charge >= 0.3 is 0 Å². The molecule has 1 aromatic heterocycles. The highest BCUT2D eigenvalue weighted by atomic mass is 14.7. The van der Waals surface area contributed by atoms with Crippen LogP contribution in [0.15, 0.2) is 140 Å². The van der Waals surface area contributed by atoms with Crippen LogP contribution in [0, 0.1) is 6.92 Å². The lowest BCUT2D eigenvalue weighted by Gasteiger charge is -2.21. The minimum absolute atomic E-state index is 1.03. The van der Waals surface area contributed by atoms with Crippen molar-refractivity contribution in [2.75, 3.05) is 0 Å². The maximum Gasteiger partial charge on any atom is 0.0450 e. The zero-order valence-electron chi connectivity index (χ0n) is 24.2. The second-order valence-electron chi connectivity index (χ2n) is 11.4. The summed E-state index contributed by atoms with van der Waals surface area (Å²) in [5.41, 5.74) is 11.3. The quantitative estimate of drug-likeness (QED) is 0.199. The predicted molar refractivity (Wildman–Crippen MR) is 182 cm³/mol. The average Bonchev–Trinajstić information content (AvgIpc) is 3.07. The summed E-state index contributed by atoms with van der Waals surface area (Å²) >= 11 is 0. The molecule has 1 aliphatic carbocycles. The number of rotatable bonds is 4. The van der Waals surface area contributed by atoms with Crippen LogP contribution in [-0.2, 0) is 0 Å². The van der Waals surface area contributed by atoms with Gasteiger partial charge in [0.05, 0.1) is 0 Å². The lowest BCUT2D eigenvalue weighted by Crippen LogP contribution is -2.31. The zero-order chi connectivity index (χ0) is 28.8. The number of hydrogen-bond donors (Lipinski definition) is 0. The summed E-state index contributed by atoms with van der Waals surface area (Å²) in [5.74, 6) is 0. The summed E-state index contributed by atoms with van der Waals surface area (Å²) in [6.07, 6.45) is 6.35. The van der Waals surface area contributed by atoms with Gasteiger partial charge in [0.25, 0.3) is 0 Å². The van der Waals surface area contributed by atoms with Crippen LogP contribution in [0.4, 0.5) is 0 Å². The SMILES string of the molecule is Cc1ncccc1-c1ccc(-c2c3ccccc3c(C3=c4cccc(-c5ccccc5)c4=CCC3)c3ccccc23)cc1. The van der Waals surface area contributed by atoms with E-state index in [-0.39, 0.29) is 0 Å². The van der Waals surface area contributed by atoms with Crippen molar-refractivity contribution in [2.24, 2.45) is 0 Å². The monoisotopic (exact) mass is 549 g/mol. The lowest BCUT2D eigenvalue weighted by molar-refractivity contribution is 1.08. The third-order valence-corrected chi connectivity index (χ3v) is 8.98. The van der Waals surface area contributed by atoms with Crippen molar-refractivity contribution >= 4 is 33.2 Å². The first kappa shape index (κ1) is 25.4. The highest BCUT2D eigenvalue weighted by Crippen LogP contribution is 2.42. The molecule has 0 saturated heterocycles. The van der Waals surface area contributed by atoms with Crippen molar-refractivity contribution in [2.45, 2.75) is 19.8 Å². The van der Waals surface area contributed by atoms with Gasteiger partial charge in [-0.05, 0) is 96.8 Å². The minimum Gasteiger partial charge on any atom is -0.261 e. The van der Waals surface area contributed by atoms with Gasteiger partial charge in [-0.1, -0.05) is 133 Å². The molecule has 0 bridgehead atoms. The highest BCUT2D eigenvalue weighted by molar-refractivity contribution is 6.18. The summed E-state index contributed by atoms with van der Waals surface area (Å²) in [4.78, 5) is 4.51. The topological polar surface area (TPSA) is 12.9 Å². The first-order valence-electron chi connectivity index (χ1n) is 15.1. The summed E-state index contributed by atoms with van der Waals surface area (Å²) in [5, 5.41) is 7.93. The number of benzene rings is 6. The molecule has 6 aromatic carbocycles. The fraction of sp³-hybridized carbons (Fsp3) is 0.0714. The maximum absolute atomic E-state index is 4.51. The molecule has 1 heterocycles. The van der Waals surface area contributed by atoms with Crippen LogP contribution in [0.3, 0.4) is 0 Å². The molecular weight excluding hydrogens is 518 g/mol. The molecule has 43 heavy (non-hydrogen) atoms. The van der Waals surface area contributed by atoms with E-state index in [0.717, 1.165) is 18.5 Å². The largest absolute Gasteiger partial charge is 0.261 e. The third kappa shape index (κ3) is 4.28. The fourth-order valence-corrected chi connectivity index (χ4v) is 7.04. The molecule has 0 aliphatic heterocycles. The molecule has 8 rings (SSSR count). The number of fused-ring (bicyclic) bond motifs is 3. The van der Waals surface area contributed by atoms with Gasteiger partial charge in [-0.2, -0.15) is 0 Å². The van der Waals surface area contributed by atoms with E-state index in [1.807, 2.05) is 12.3 Å². The highest BCUT2D eigenvalue weighted by Gasteiger charge is 2.20. The Morgan fingerprint density at radius 2 is 1.07 bits per heavy atom. The Morgan fingerprint density at radius 1 is 0.488 bits per heavy atom. The molecule has 0 radical (unpaired) electrons. The van der Waals surface area contributed by atoms with Crippen molar-refractivity contribution in [1.82, 2.24) is 4.98 Å². The molecule has 7 aromatic rings. The molecule has 0 fully saturated rings. The third-order valence-electron chi connectivity index (χ3n) is 8.98. The Morgan fingerprint density at radius 3 is 1.74 bits per heavy atom. The number of hydrogen-bond acceptors (Lipinski definition) is 1. The van der Waals surface area contributed by atoms with Crippen LogP contribution in [-0.4, -0.2) is 4.98 Å². The molecular formula is C42H31N. The molecule has 0 atom stereocenters. The van der Waals surface area contributed by atoms with Gasteiger partial charge in [-0.15, -0.1) is 0 Å².